The van der Waals surface area contributed by atoms with Gasteiger partial charge in [-0.15, -0.1) is 0 Å². The van der Waals surface area contributed by atoms with Gasteiger partial charge in [0.1, 0.15) is 0 Å². The molecule has 14 heavy (non-hydrogen) atoms. The molecule has 0 aliphatic heterocycles. The number of benzene rings is 1. The molecule has 0 bridgehead atoms. The number of fused-ring (bicyclic) bond motifs is 1. The Balaban J connectivity index is 2.62. The number of oxazole rings is 1. The van der Waals surface area contributed by atoms with Crippen molar-refractivity contribution in [3.63, 3.8) is 0 Å². The van der Waals surface area contributed by atoms with Gasteiger partial charge in [0.15, 0.2) is 5.58 Å². The standard InChI is InChI=1S/C10H12N2O2/c1-7(11)6-12-8-4-2-3-5-9(8)14-10(12)13/h2-5,7H,6,11H2,1H3/t7-/m1/s1. The maximum atomic E-state index is 11.4. The molecule has 0 aliphatic rings. The van der Waals surface area contributed by atoms with E-state index in [9.17, 15) is 4.79 Å². The molecule has 2 N–H and O–H groups in total. The SMILES string of the molecule is C[C@@H](N)Cn1c(=O)oc2ccccc21. The van der Waals surface area contributed by atoms with E-state index in [0.717, 1.165) is 5.52 Å². The summed E-state index contributed by atoms with van der Waals surface area (Å²) >= 11 is 0. The second-order valence-corrected chi connectivity index (χ2v) is 3.42. The van der Waals surface area contributed by atoms with Crippen molar-refractivity contribution in [1.82, 2.24) is 4.57 Å². The van der Waals surface area contributed by atoms with Gasteiger partial charge in [0.25, 0.3) is 0 Å². The molecule has 0 fully saturated rings. The summed E-state index contributed by atoms with van der Waals surface area (Å²) in [5.41, 5.74) is 7.05. The Labute approximate surface area is 80.9 Å². The summed E-state index contributed by atoms with van der Waals surface area (Å²) in [6.45, 7) is 2.34. The molecule has 1 atom stereocenters. The van der Waals surface area contributed by atoms with E-state index in [0.29, 0.717) is 12.1 Å². The van der Waals surface area contributed by atoms with E-state index in [1.54, 1.807) is 10.6 Å². The predicted octanol–water partition coefficient (Wildman–Crippen LogP) is 0.942. The molecule has 2 aromatic rings. The van der Waals surface area contributed by atoms with Crippen molar-refractivity contribution >= 4 is 11.1 Å². The highest BCUT2D eigenvalue weighted by atomic mass is 16.4. The van der Waals surface area contributed by atoms with Crippen molar-refractivity contribution in [3.8, 4) is 0 Å². The molecule has 0 radical (unpaired) electrons. The zero-order valence-electron chi connectivity index (χ0n) is 7.93. The Kier molecular flexibility index (Phi) is 2.13. The van der Waals surface area contributed by atoms with Gasteiger partial charge < -0.3 is 10.2 Å². The first kappa shape index (κ1) is 9.02. The van der Waals surface area contributed by atoms with Crippen LogP contribution in [0.15, 0.2) is 33.5 Å². The third kappa shape index (κ3) is 1.44. The van der Waals surface area contributed by atoms with Crippen LogP contribution < -0.4 is 11.5 Å². The minimum absolute atomic E-state index is 0.0614. The molecular formula is C10H12N2O2. The van der Waals surface area contributed by atoms with Gasteiger partial charge >= 0.3 is 5.76 Å². The smallest absolute Gasteiger partial charge is 0.408 e. The fourth-order valence-electron chi connectivity index (χ4n) is 1.47. The summed E-state index contributed by atoms with van der Waals surface area (Å²) in [5, 5.41) is 0. The van der Waals surface area contributed by atoms with Gasteiger partial charge in [-0.3, -0.25) is 4.57 Å². The largest absolute Gasteiger partial charge is 0.420 e. The van der Waals surface area contributed by atoms with Crippen molar-refractivity contribution < 1.29 is 4.42 Å². The Hall–Kier alpha value is -1.55. The summed E-state index contributed by atoms with van der Waals surface area (Å²) in [6.07, 6.45) is 0. The van der Waals surface area contributed by atoms with Crippen LogP contribution in [0.25, 0.3) is 11.1 Å². The lowest BCUT2D eigenvalue weighted by Crippen LogP contribution is -2.27. The van der Waals surface area contributed by atoms with Crippen molar-refractivity contribution in [2.75, 3.05) is 0 Å². The molecule has 4 heteroatoms. The number of nitrogens with zero attached hydrogens (tertiary/aromatic N) is 1. The number of hydrogen-bond acceptors (Lipinski definition) is 3. The Morgan fingerprint density at radius 3 is 2.93 bits per heavy atom. The minimum atomic E-state index is -0.344. The van der Waals surface area contributed by atoms with E-state index in [4.69, 9.17) is 10.2 Å². The molecule has 0 spiro atoms. The van der Waals surface area contributed by atoms with E-state index in [2.05, 4.69) is 0 Å². The molecule has 0 saturated carbocycles. The molecule has 0 unspecified atom stereocenters. The first-order valence-corrected chi connectivity index (χ1v) is 4.52. The number of rotatable bonds is 2. The Morgan fingerprint density at radius 2 is 2.21 bits per heavy atom. The summed E-state index contributed by atoms with van der Waals surface area (Å²) < 4.78 is 6.61. The molecule has 0 saturated heterocycles. The number of aromatic nitrogens is 1. The Morgan fingerprint density at radius 1 is 1.50 bits per heavy atom. The van der Waals surface area contributed by atoms with Crippen LogP contribution in [-0.2, 0) is 6.54 Å². The van der Waals surface area contributed by atoms with Crippen LogP contribution in [0.5, 0.6) is 0 Å². The van der Waals surface area contributed by atoms with Crippen molar-refractivity contribution in [2.45, 2.75) is 19.5 Å². The topological polar surface area (TPSA) is 61.2 Å². The average molecular weight is 192 g/mol. The van der Waals surface area contributed by atoms with Crippen molar-refractivity contribution in [1.29, 1.82) is 0 Å². The van der Waals surface area contributed by atoms with Gasteiger partial charge in [0, 0.05) is 12.6 Å². The summed E-state index contributed by atoms with van der Waals surface area (Å²) in [4.78, 5) is 11.4. The monoisotopic (exact) mass is 192 g/mol. The predicted molar refractivity (Wildman–Crippen MR) is 54.1 cm³/mol. The first-order valence-electron chi connectivity index (χ1n) is 4.52. The summed E-state index contributed by atoms with van der Waals surface area (Å²) in [7, 11) is 0. The minimum Gasteiger partial charge on any atom is -0.408 e. The zero-order valence-corrected chi connectivity index (χ0v) is 7.93. The van der Waals surface area contributed by atoms with Crippen LogP contribution in [-0.4, -0.2) is 10.6 Å². The van der Waals surface area contributed by atoms with Crippen LogP contribution in [0.2, 0.25) is 0 Å². The number of nitrogens with two attached hydrogens (primary N) is 1. The van der Waals surface area contributed by atoms with E-state index in [1.165, 1.54) is 0 Å². The normalized spacial score (nSPS) is 13.3. The highest BCUT2D eigenvalue weighted by Gasteiger charge is 2.08. The molecule has 0 amide bonds. The highest BCUT2D eigenvalue weighted by Crippen LogP contribution is 2.11. The second kappa shape index (κ2) is 3.31. The Bertz CT molecular complexity index is 496. The summed E-state index contributed by atoms with van der Waals surface area (Å²) in [5.74, 6) is -0.344. The van der Waals surface area contributed by atoms with Crippen molar-refractivity contribution in [2.24, 2.45) is 5.73 Å². The summed E-state index contributed by atoms with van der Waals surface area (Å²) in [6, 6.07) is 7.27. The fraction of sp³-hybridized carbons (Fsp3) is 0.300. The number of hydrogen-bond donors (Lipinski definition) is 1. The lowest BCUT2D eigenvalue weighted by molar-refractivity contribution is 0.485. The zero-order chi connectivity index (χ0) is 10.1. The van der Waals surface area contributed by atoms with E-state index in [1.807, 2.05) is 25.1 Å². The third-order valence-electron chi connectivity index (χ3n) is 2.04. The van der Waals surface area contributed by atoms with E-state index >= 15 is 0 Å². The van der Waals surface area contributed by atoms with Crippen LogP contribution in [0.4, 0.5) is 0 Å². The van der Waals surface area contributed by atoms with Gasteiger partial charge in [-0.2, -0.15) is 0 Å². The molecule has 4 nitrogen and oxygen atoms in total. The molecule has 1 heterocycles. The fourth-order valence-corrected chi connectivity index (χ4v) is 1.47. The highest BCUT2D eigenvalue weighted by molar-refractivity contribution is 5.72. The van der Waals surface area contributed by atoms with Gasteiger partial charge in [0.2, 0.25) is 0 Å². The third-order valence-corrected chi connectivity index (χ3v) is 2.04. The maximum Gasteiger partial charge on any atom is 0.420 e. The van der Waals surface area contributed by atoms with E-state index < -0.39 is 0 Å². The lowest BCUT2D eigenvalue weighted by Gasteiger charge is -2.04. The van der Waals surface area contributed by atoms with Crippen LogP contribution >= 0.6 is 0 Å². The molecule has 2 rings (SSSR count). The van der Waals surface area contributed by atoms with E-state index in [-0.39, 0.29) is 11.8 Å². The molecule has 0 aliphatic carbocycles. The average Bonchev–Trinajstić information content (AvgIpc) is 2.43. The second-order valence-electron chi connectivity index (χ2n) is 3.42. The molecule has 1 aromatic carbocycles. The molecular weight excluding hydrogens is 180 g/mol. The van der Waals surface area contributed by atoms with Crippen LogP contribution in [0, 0.1) is 0 Å². The van der Waals surface area contributed by atoms with Gasteiger partial charge in [0.05, 0.1) is 5.52 Å². The first-order chi connectivity index (χ1) is 6.68. The van der Waals surface area contributed by atoms with Crippen LogP contribution in [0.1, 0.15) is 6.92 Å². The molecule has 1 aromatic heterocycles. The van der Waals surface area contributed by atoms with Gasteiger partial charge in [-0.05, 0) is 19.1 Å². The van der Waals surface area contributed by atoms with Crippen LogP contribution in [0.3, 0.4) is 0 Å². The van der Waals surface area contributed by atoms with Gasteiger partial charge in [-0.25, -0.2) is 4.79 Å². The maximum absolute atomic E-state index is 11.4. The number of para-hydroxylation sites is 2. The molecule has 74 valence electrons. The van der Waals surface area contributed by atoms with Crippen molar-refractivity contribution in [3.05, 3.63) is 34.8 Å². The van der Waals surface area contributed by atoms with Gasteiger partial charge in [-0.1, -0.05) is 12.1 Å². The lowest BCUT2D eigenvalue weighted by atomic mass is 10.3. The quantitative estimate of drug-likeness (QED) is 0.770.